The minimum atomic E-state index is -0.150. The molecule has 2 aromatic heterocycles. The molecule has 0 fully saturated rings. The zero-order valence-corrected chi connectivity index (χ0v) is 47.3. The van der Waals surface area contributed by atoms with E-state index in [1.165, 1.54) is 22.2 Å². The van der Waals surface area contributed by atoms with Crippen molar-refractivity contribution in [1.82, 2.24) is 29.9 Å². The fraction of sp³-hybridized carbons (Fsp3) is 0.167. The first-order valence-corrected chi connectivity index (χ1v) is 28.0. The highest BCUT2D eigenvalue weighted by molar-refractivity contribution is 6.99. The SMILES string of the molecule is CC(C)(C)c1ccc(N2c3ccc(C(C)(C)C)cc3B3c4cc(C(C)(C)C)ccc4Oc4cc(-c5c(-c6nc(-c7ccccc7)nc(-c7ccccc7)n6)cccc5-c5nc(-c6ccccc6)nc(-c6ccccc6)n5)cc2c43)cc1. The summed E-state index contributed by atoms with van der Waals surface area (Å²) < 4.78 is 7.40. The number of ether oxygens (including phenoxy) is 1. The molecule has 0 bridgehead atoms. The van der Waals surface area contributed by atoms with Gasteiger partial charge in [0, 0.05) is 56.0 Å². The molecule has 2 aliphatic heterocycles. The number of benzene rings is 9. The highest BCUT2D eigenvalue weighted by Gasteiger charge is 2.44. The van der Waals surface area contributed by atoms with E-state index in [1.54, 1.807) is 0 Å². The molecule has 0 saturated carbocycles. The van der Waals surface area contributed by atoms with E-state index in [1.807, 2.05) is 121 Å². The van der Waals surface area contributed by atoms with Crippen molar-refractivity contribution in [2.24, 2.45) is 0 Å². The minimum absolute atomic E-state index is 0.0435. The lowest BCUT2D eigenvalue weighted by Gasteiger charge is -2.41. The monoisotopic (exact) mass is 1050 g/mol. The second kappa shape index (κ2) is 19.8. The zero-order chi connectivity index (χ0) is 55.8. The highest BCUT2D eigenvalue weighted by Crippen LogP contribution is 2.48. The Bertz CT molecular complexity index is 3930. The number of rotatable bonds is 8. The average Bonchev–Trinajstić information content (AvgIpc) is 3.58. The number of anilines is 3. The Morgan fingerprint density at radius 2 is 0.741 bits per heavy atom. The van der Waals surface area contributed by atoms with Crippen LogP contribution in [0.25, 0.3) is 79.5 Å². The van der Waals surface area contributed by atoms with Gasteiger partial charge in [0.25, 0.3) is 6.71 Å². The third kappa shape index (κ3) is 9.56. The van der Waals surface area contributed by atoms with Crippen LogP contribution in [0.15, 0.2) is 212 Å². The molecule has 0 spiro atoms. The van der Waals surface area contributed by atoms with Gasteiger partial charge in [-0.1, -0.05) is 238 Å². The van der Waals surface area contributed by atoms with Crippen molar-refractivity contribution < 1.29 is 4.74 Å². The maximum absolute atomic E-state index is 7.40. The van der Waals surface area contributed by atoms with E-state index in [2.05, 4.69) is 158 Å². The Kier molecular flexibility index (Phi) is 12.5. The molecular formula is C72H62BN7O. The molecule has 394 valence electrons. The van der Waals surface area contributed by atoms with Gasteiger partial charge in [-0.2, -0.15) is 0 Å². The largest absolute Gasteiger partial charge is 0.458 e. The number of hydrogen-bond donors (Lipinski definition) is 0. The Morgan fingerprint density at radius 3 is 1.19 bits per heavy atom. The van der Waals surface area contributed by atoms with Crippen LogP contribution in [-0.4, -0.2) is 36.6 Å². The van der Waals surface area contributed by atoms with Crippen molar-refractivity contribution in [2.75, 3.05) is 4.90 Å². The molecule has 0 aliphatic carbocycles. The number of aromatic nitrogens is 6. The van der Waals surface area contributed by atoms with E-state index in [0.717, 1.165) is 84.0 Å². The van der Waals surface area contributed by atoms with Crippen LogP contribution < -0.4 is 26.0 Å². The fourth-order valence-electron chi connectivity index (χ4n) is 11.3. The van der Waals surface area contributed by atoms with Gasteiger partial charge in [0.15, 0.2) is 34.9 Å². The standard InChI is InChI=1S/C72H62BN7O/c1-70(2,3)50-33-37-53(38-34-50)80-58-39-35-51(71(4,5)6)43-56(58)73-57-44-52(72(7,8)9)36-40-60(57)81-61-42-49(41-59(80)63(61)73)62-54(68-76-64(45-23-14-10-15-24-45)74-65(77-68)46-25-16-11-17-26-46)31-22-32-55(62)69-78-66(47-27-18-12-19-28-47)75-67(79-69)48-29-20-13-21-30-48/h10-44H,1-9H3. The second-order valence-electron chi connectivity index (χ2n) is 24.4. The van der Waals surface area contributed by atoms with Crippen LogP contribution in [-0.2, 0) is 16.2 Å². The highest BCUT2D eigenvalue weighted by atomic mass is 16.5. The molecule has 81 heavy (non-hydrogen) atoms. The van der Waals surface area contributed by atoms with Gasteiger partial charge in [0.2, 0.25) is 0 Å². The van der Waals surface area contributed by atoms with Crippen LogP contribution in [0.5, 0.6) is 11.5 Å². The first kappa shape index (κ1) is 51.1. The molecule has 8 nitrogen and oxygen atoms in total. The molecule has 2 aliphatic rings. The van der Waals surface area contributed by atoms with Crippen molar-refractivity contribution >= 4 is 40.2 Å². The Balaban J connectivity index is 1.14. The third-order valence-corrected chi connectivity index (χ3v) is 15.7. The fourth-order valence-corrected chi connectivity index (χ4v) is 11.3. The van der Waals surface area contributed by atoms with E-state index in [9.17, 15) is 0 Å². The van der Waals surface area contributed by atoms with Crippen LogP contribution in [0.3, 0.4) is 0 Å². The summed E-state index contributed by atoms with van der Waals surface area (Å²) in [6.45, 7) is 20.4. The lowest BCUT2D eigenvalue weighted by atomic mass is 9.33. The maximum atomic E-state index is 7.40. The van der Waals surface area contributed by atoms with Gasteiger partial charge < -0.3 is 9.64 Å². The normalized spacial score (nSPS) is 12.8. The molecule has 0 saturated heterocycles. The van der Waals surface area contributed by atoms with Crippen LogP contribution in [0.1, 0.15) is 79.0 Å². The molecule has 0 N–H and O–H groups in total. The van der Waals surface area contributed by atoms with Crippen molar-refractivity contribution in [3.05, 3.63) is 229 Å². The molecule has 4 heterocycles. The van der Waals surface area contributed by atoms with Crippen LogP contribution >= 0.6 is 0 Å². The van der Waals surface area contributed by atoms with Gasteiger partial charge in [0.1, 0.15) is 11.5 Å². The summed E-state index contributed by atoms with van der Waals surface area (Å²) >= 11 is 0. The molecule has 13 rings (SSSR count). The van der Waals surface area contributed by atoms with Crippen molar-refractivity contribution in [3.8, 4) is 91.0 Å². The zero-order valence-electron chi connectivity index (χ0n) is 47.3. The molecular weight excluding hydrogens is 990 g/mol. The Morgan fingerprint density at radius 1 is 0.333 bits per heavy atom. The molecule has 0 unspecified atom stereocenters. The van der Waals surface area contributed by atoms with E-state index in [0.29, 0.717) is 34.9 Å². The average molecular weight is 1050 g/mol. The molecule has 9 heteroatoms. The summed E-state index contributed by atoms with van der Waals surface area (Å²) in [5.74, 6) is 4.84. The first-order valence-electron chi connectivity index (χ1n) is 28.0. The van der Waals surface area contributed by atoms with Gasteiger partial charge in [-0.05, 0) is 91.3 Å². The molecule has 0 radical (unpaired) electrons. The summed E-state index contributed by atoms with van der Waals surface area (Å²) in [4.78, 5) is 34.3. The van der Waals surface area contributed by atoms with Crippen LogP contribution in [0, 0.1) is 0 Å². The number of hydrogen-bond acceptors (Lipinski definition) is 8. The lowest BCUT2D eigenvalue weighted by molar-refractivity contribution is 0.486. The van der Waals surface area contributed by atoms with E-state index in [4.69, 9.17) is 34.6 Å². The summed E-state index contributed by atoms with van der Waals surface area (Å²) in [6, 6.07) is 74.4. The second-order valence-corrected chi connectivity index (χ2v) is 24.4. The molecule has 0 atom stereocenters. The predicted molar refractivity (Wildman–Crippen MR) is 333 cm³/mol. The summed E-state index contributed by atoms with van der Waals surface area (Å²) in [7, 11) is 0. The van der Waals surface area contributed by atoms with E-state index >= 15 is 0 Å². The maximum Gasteiger partial charge on any atom is 0.256 e. The van der Waals surface area contributed by atoms with E-state index < -0.39 is 0 Å². The van der Waals surface area contributed by atoms with Crippen molar-refractivity contribution in [2.45, 2.75) is 78.6 Å². The Labute approximate surface area is 475 Å². The molecule has 9 aromatic carbocycles. The first-order chi connectivity index (χ1) is 39.0. The van der Waals surface area contributed by atoms with Crippen molar-refractivity contribution in [3.63, 3.8) is 0 Å². The van der Waals surface area contributed by atoms with Gasteiger partial charge >= 0.3 is 0 Å². The molecule has 11 aromatic rings. The van der Waals surface area contributed by atoms with Gasteiger partial charge in [-0.3, -0.25) is 0 Å². The predicted octanol–water partition coefficient (Wildman–Crippen LogP) is 16.0. The van der Waals surface area contributed by atoms with E-state index in [-0.39, 0.29) is 23.0 Å². The third-order valence-electron chi connectivity index (χ3n) is 15.7. The van der Waals surface area contributed by atoms with Crippen LogP contribution in [0.4, 0.5) is 17.1 Å². The van der Waals surface area contributed by atoms with Gasteiger partial charge in [-0.15, -0.1) is 0 Å². The quantitative estimate of drug-likeness (QED) is 0.139. The Hall–Kier alpha value is -9.34. The smallest absolute Gasteiger partial charge is 0.256 e. The molecule has 0 amide bonds. The topological polar surface area (TPSA) is 89.8 Å². The summed E-state index contributed by atoms with van der Waals surface area (Å²) in [6.07, 6.45) is 0. The number of nitrogens with zero attached hydrogens (tertiary/aromatic N) is 7. The van der Waals surface area contributed by atoms with Gasteiger partial charge in [-0.25, -0.2) is 29.9 Å². The summed E-state index contributed by atoms with van der Waals surface area (Å²) in [5.41, 5.74) is 17.0. The summed E-state index contributed by atoms with van der Waals surface area (Å²) in [5, 5.41) is 0. The van der Waals surface area contributed by atoms with Crippen LogP contribution in [0.2, 0.25) is 0 Å². The minimum Gasteiger partial charge on any atom is -0.458 e. The van der Waals surface area contributed by atoms with Gasteiger partial charge in [0.05, 0.1) is 0 Å². The number of fused-ring (bicyclic) bond motifs is 4. The lowest BCUT2D eigenvalue weighted by Crippen LogP contribution is -2.60. The van der Waals surface area contributed by atoms with Crippen molar-refractivity contribution in [1.29, 1.82) is 0 Å².